The second-order valence-electron chi connectivity index (χ2n) is 5.03. The Balaban J connectivity index is 2.60. The van der Waals surface area contributed by atoms with Gasteiger partial charge in [-0.3, -0.25) is 4.79 Å². The molecule has 0 fully saturated rings. The van der Waals surface area contributed by atoms with Gasteiger partial charge in [0.1, 0.15) is 5.01 Å². The van der Waals surface area contributed by atoms with Gasteiger partial charge in [-0.2, -0.15) is 0 Å². The molecule has 0 saturated heterocycles. The van der Waals surface area contributed by atoms with Crippen LogP contribution in [0.15, 0.2) is 5.38 Å². The zero-order valence-corrected chi connectivity index (χ0v) is 12.4. The number of rotatable bonds is 6. The van der Waals surface area contributed by atoms with Gasteiger partial charge in [-0.15, -0.1) is 11.3 Å². The van der Waals surface area contributed by atoms with Crippen LogP contribution in [0.4, 0.5) is 0 Å². The maximum absolute atomic E-state index is 12.0. The molecule has 0 aliphatic carbocycles. The van der Waals surface area contributed by atoms with Crippen molar-refractivity contribution in [2.45, 2.75) is 52.6 Å². The maximum atomic E-state index is 12.0. The van der Waals surface area contributed by atoms with Crippen molar-refractivity contribution in [2.24, 2.45) is 11.7 Å². The van der Waals surface area contributed by atoms with Crippen molar-refractivity contribution in [1.29, 1.82) is 0 Å². The van der Waals surface area contributed by atoms with E-state index in [0.717, 1.165) is 17.1 Å². The molecule has 0 bridgehead atoms. The summed E-state index contributed by atoms with van der Waals surface area (Å²) in [5.41, 5.74) is 6.87. The monoisotopic (exact) mass is 269 g/mol. The summed E-state index contributed by atoms with van der Waals surface area (Å²) in [6, 6.07) is -0.450. The van der Waals surface area contributed by atoms with Gasteiger partial charge in [0.2, 0.25) is 5.91 Å². The van der Waals surface area contributed by atoms with Gasteiger partial charge in [0, 0.05) is 11.1 Å². The molecule has 5 heteroatoms. The minimum atomic E-state index is -0.430. The van der Waals surface area contributed by atoms with Gasteiger partial charge in [0.05, 0.1) is 12.1 Å². The molecule has 0 radical (unpaired) electrons. The van der Waals surface area contributed by atoms with Gasteiger partial charge in [0.25, 0.3) is 0 Å². The third kappa shape index (κ3) is 4.38. The van der Waals surface area contributed by atoms with E-state index in [2.05, 4.69) is 24.1 Å². The van der Waals surface area contributed by atoms with Gasteiger partial charge >= 0.3 is 0 Å². The molecule has 18 heavy (non-hydrogen) atoms. The molecule has 1 aromatic heterocycles. The van der Waals surface area contributed by atoms with Gasteiger partial charge in [-0.25, -0.2) is 4.98 Å². The lowest BCUT2D eigenvalue weighted by Crippen LogP contribution is -2.42. The fraction of sp³-hybridized carbons (Fsp3) is 0.692. The van der Waals surface area contributed by atoms with Crippen LogP contribution >= 0.6 is 11.3 Å². The van der Waals surface area contributed by atoms with Crippen LogP contribution in [-0.4, -0.2) is 16.9 Å². The summed E-state index contributed by atoms with van der Waals surface area (Å²) < 4.78 is 0. The molecule has 1 heterocycles. The first-order chi connectivity index (χ1) is 8.43. The highest BCUT2D eigenvalue weighted by Gasteiger charge is 2.20. The molecule has 1 aromatic rings. The van der Waals surface area contributed by atoms with E-state index in [1.54, 1.807) is 11.3 Å². The van der Waals surface area contributed by atoms with E-state index in [0.29, 0.717) is 12.3 Å². The Labute approximate surface area is 113 Å². The summed E-state index contributed by atoms with van der Waals surface area (Å²) >= 11 is 1.58. The second kappa shape index (κ2) is 6.85. The van der Waals surface area contributed by atoms with Crippen LogP contribution in [0.5, 0.6) is 0 Å². The first-order valence-electron chi connectivity index (χ1n) is 6.42. The number of nitrogens with two attached hydrogens (primary N) is 1. The topological polar surface area (TPSA) is 68.0 Å². The SMILES string of the molecule is CCC(NC(=O)[C@@H](N)CC(C)C)c1nc(C)cs1. The molecule has 102 valence electrons. The molecular weight excluding hydrogens is 246 g/mol. The Morgan fingerprint density at radius 2 is 2.22 bits per heavy atom. The molecule has 0 spiro atoms. The minimum Gasteiger partial charge on any atom is -0.346 e. The number of hydrogen-bond acceptors (Lipinski definition) is 4. The summed E-state index contributed by atoms with van der Waals surface area (Å²) in [6.07, 6.45) is 1.53. The Hall–Kier alpha value is -0.940. The predicted octanol–water partition coefficient (Wildman–Crippen LogP) is 2.39. The van der Waals surface area contributed by atoms with Crippen LogP contribution in [-0.2, 0) is 4.79 Å². The van der Waals surface area contributed by atoms with E-state index < -0.39 is 6.04 Å². The van der Waals surface area contributed by atoms with Crippen molar-refractivity contribution in [3.63, 3.8) is 0 Å². The number of hydrogen-bond donors (Lipinski definition) is 2. The normalized spacial score (nSPS) is 14.6. The van der Waals surface area contributed by atoms with E-state index in [-0.39, 0.29) is 11.9 Å². The molecule has 0 saturated carbocycles. The zero-order valence-electron chi connectivity index (χ0n) is 11.6. The number of nitrogens with one attached hydrogen (secondary N) is 1. The van der Waals surface area contributed by atoms with Gasteiger partial charge < -0.3 is 11.1 Å². The van der Waals surface area contributed by atoms with Crippen LogP contribution in [0.2, 0.25) is 0 Å². The number of amides is 1. The molecule has 1 rings (SSSR count). The van der Waals surface area contributed by atoms with E-state index in [4.69, 9.17) is 5.73 Å². The predicted molar refractivity (Wildman–Crippen MR) is 75.5 cm³/mol. The van der Waals surface area contributed by atoms with Crippen LogP contribution in [0.3, 0.4) is 0 Å². The summed E-state index contributed by atoms with van der Waals surface area (Å²) in [4.78, 5) is 16.4. The average molecular weight is 269 g/mol. The largest absolute Gasteiger partial charge is 0.346 e. The van der Waals surface area contributed by atoms with Crippen molar-refractivity contribution in [3.8, 4) is 0 Å². The van der Waals surface area contributed by atoms with Gasteiger partial charge in [-0.05, 0) is 25.7 Å². The highest BCUT2D eigenvalue weighted by Crippen LogP contribution is 2.21. The lowest BCUT2D eigenvalue weighted by Gasteiger charge is -2.19. The fourth-order valence-electron chi connectivity index (χ4n) is 1.76. The maximum Gasteiger partial charge on any atom is 0.237 e. The van der Waals surface area contributed by atoms with E-state index in [1.807, 2.05) is 19.2 Å². The lowest BCUT2D eigenvalue weighted by atomic mass is 10.0. The Morgan fingerprint density at radius 3 is 2.67 bits per heavy atom. The van der Waals surface area contributed by atoms with E-state index in [9.17, 15) is 4.79 Å². The van der Waals surface area contributed by atoms with Gasteiger partial charge in [0.15, 0.2) is 0 Å². The van der Waals surface area contributed by atoms with Crippen LogP contribution < -0.4 is 11.1 Å². The van der Waals surface area contributed by atoms with Crippen molar-refractivity contribution < 1.29 is 4.79 Å². The smallest absolute Gasteiger partial charge is 0.237 e. The highest BCUT2D eigenvalue weighted by molar-refractivity contribution is 7.09. The Kier molecular flexibility index (Phi) is 5.75. The molecule has 4 nitrogen and oxygen atoms in total. The van der Waals surface area contributed by atoms with Gasteiger partial charge in [-0.1, -0.05) is 20.8 Å². The third-order valence-electron chi connectivity index (χ3n) is 2.72. The molecule has 1 amide bonds. The highest BCUT2D eigenvalue weighted by atomic mass is 32.1. The number of aryl methyl sites for hydroxylation is 1. The van der Waals surface area contributed by atoms with Crippen LogP contribution in [0, 0.1) is 12.8 Å². The van der Waals surface area contributed by atoms with Crippen molar-refractivity contribution in [2.75, 3.05) is 0 Å². The first-order valence-corrected chi connectivity index (χ1v) is 7.30. The Morgan fingerprint density at radius 1 is 1.56 bits per heavy atom. The molecule has 1 unspecified atom stereocenters. The van der Waals surface area contributed by atoms with Crippen LogP contribution in [0.1, 0.15) is 50.4 Å². The zero-order chi connectivity index (χ0) is 13.7. The van der Waals surface area contributed by atoms with Crippen molar-refractivity contribution in [1.82, 2.24) is 10.3 Å². The van der Waals surface area contributed by atoms with E-state index >= 15 is 0 Å². The molecule has 0 aliphatic rings. The minimum absolute atomic E-state index is 0.0191. The van der Waals surface area contributed by atoms with E-state index in [1.165, 1.54) is 0 Å². The quantitative estimate of drug-likeness (QED) is 0.833. The Bertz CT molecular complexity index is 389. The number of nitrogens with zero attached hydrogens (tertiary/aromatic N) is 1. The number of carbonyl (C=O) groups is 1. The molecule has 3 N–H and O–H groups in total. The standard InChI is InChI=1S/C13H23N3OS/c1-5-11(13-15-9(4)7-18-13)16-12(17)10(14)6-8(2)3/h7-8,10-11H,5-6,14H2,1-4H3,(H,16,17)/t10-,11?/m0/s1. The number of aromatic nitrogens is 1. The van der Waals surface area contributed by atoms with Crippen molar-refractivity contribution in [3.05, 3.63) is 16.1 Å². The summed E-state index contributed by atoms with van der Waals surface area (Å²) in [7, 11) is 0. The summed E-state index contributed by atoms with van der Waals surface area (Å²) in [5, 5.41) is 5.94. The van der Waals surface area contributed by atoms with Crippen LogP contribution in [0.25, 0.3) is 0 Å². The first kappa shape index (κ1) is 15.1. The molecule has 2 atom stereocenters. The summed E-state index contributed by atoms with van der Waals surface area (Å²) in [6.45, 7) is 8.12. The second-order valence-corrected chi connectivity index (χ2v) is 5.92. The lowest BCUT2D eigenvalue weighted by molar-refractivity contribution is -0.123. The molecular formula is C13H23N3OS. The average Bonchev–Trinajstić information content (AvgIpc) is 2.71. The molecule has 0 aliphatic heterocycles. The fourth-order valence-corrected chi connectivity index (χ4v) is 2.69. The molecule has 0 aromatic carbocycles. The summed E-state index contributed by atoms with van der Waals surface area (Å²) in [5.74, 6) is 0.344. The third-order valence-corrected chi connectivity index (χ3v) is 3.80. The number of thiazole rings is 1. The number of carbonyl (C=O) groups excluding carboxylic acids is 1. The van der Waals surface area contributed by atoms with Crippen molar-refractivity contribution >= 4 is 17.2 Å².